The van der Waals surface area contributed by atoms with Gasteiger partial charge in [-0.1, -0.05) is 35.0 Å². The molecule has 3 aromatic carbocycles. The summed E-state index contributed by atoms with van der Waals surface area (Å²) in [7, 11) is 1.73. The van der Waals surface area contributed by atoms with Crippen molar-refractivity contribution in [2.24, 2.45) is 5.16 Å². The smallest absolute Gasteiger partial charge is 0.267 e. The first kappa shape index (κ1) is 29.1. The quantitative estimate of drug-likeness (QED) is 0.400. The Balaban J connectivity index is 1.29. The largest absolute Gasteiger partial charge is 0.382 e. The lowest BCUT2D eigenvalue weighted by molar-refractivity contribution is -0.148. The van der Waals surface area contributed by atoms with Crippen LogP contribution in [0.1, 0.15) is 42.0 Å². The maximum absolute atomic E-state index is 14.7. The monoisotopic (exact) mass is 608 g/mol. The summed E-state index contributed by atoms with van der Waals surface area (Å²) in [6.45, 7) is 1.90. The van der Waals surface area contributed by atoms with Gasteiger partial charge in [0.15, 0.2) is 5.82 Å². The van der Waals surface area contributed by atoms with Crippen LogP contribution in [-0.4, -0.2) is 61.4 Å². The SMILES string of the molecule is COC1CCN(c2cccc3c2CCN(C(=O)C2CC(c4cccc(Cl)c4F)=NO2)[C@@H]3C(=O)Nc2ccc(F)cc2)CC1. The van der Waals surface area contributed by atoms with Crippen molar-refractivity contribution < 1.29 is 27.9 Å². The molecule has 2 atom stereocenters. The Morgan fingerprint density at radius 2 is 1.77 bits per heavy atom. The lowest BCUT2D eigenvalue weighted by atomic mass is 9.89. The Bertz CT molecular complexity index is 1560. The van der Waals surface area contributed by atoms with Crippen molar-refractivity contribution in [3.05, 3.63) is 94.0 Å². The van der Waals surface area contributed by atoms with E-state index in [2.05, 4.69) is 21.4 Å². The molecule has 11 heteroatoms. The Hall–Kier alpha value is -4.02. The van der Waals surface area contributed by atoms with E-state index >= 15 is 0 Å². The lowest BCUT2D eigenvalue weighted by Crippen LogP contribution is -2.49. The van der Waals surface area contributed by atoms with E-state index in [9.17, 15) is 18.4 Å². The Labute approximate surface area is 253 Å². The summed E-state index contributed by atoms with van der Waals surface area (Å²) in [5.74, 6) is -1.93. The highest BCUT2D eigenvalue weighted by Gasteiger charge is 2.42. The van der Waals surface area contributed by atoms with Crippen LogP contribution >= 0.6 is 11.6 Å². The molecule has 0 saturated carbocycles. The van der Waals surface area contributed by atoms with Crippen molar-refractivity contribution in [1.82, 2.24) is 4.90 Å². The number of oxime groups is 1. The van der Waals surface area contributed by atoms with Gasteiger partial charge in [0, 0.05) is 50.1 Å². The average molecular weight is 609 g/mol. The summed E-state index contributed by atoms with van der Waals surface area (Å²) in [4.78, 5) is 37.2. The summed E-state index contributed by atoms with van der Waals surface area (Å²) in [6.07, 6.45) is 1.54. The predicted molar refractivity (Wildman–Crippen MR) is 159 cm³/mol. The van der Waals surface area contributed by atoms with Crippen molar-refractivity contribution in [3.63, 3.8) is 0 Å². The van der Waals surface area contributed by atoms with Crippen LogP contribution in [0.4, 0.5) is 20.2 Å². The van der Waals surface area contributed by atoms with Gasteiger partial charge in [0.2, 0.25) is 6.10 Å². The number of nitrogens with one attached hydrogen (secondary N) is 1. The number of anilines is 2. The minimum atomic E-state index is -1.03. The fourth-order valence-corrected chi connectivity index (χ4v) is 6.30. The number of nitrogens with zero attached hydrogens (tertiary/aromatic N) is 3. The van der Waals surface area contributed by atoms with E-state index in [-0.39, 0.29) is 35.4 Å². The van der Waals surface area contributed by atoms with Crippen molar-refractivity contribution in [3.8, 4) is 0 Å². The van der Waals surface area contributed by atoms with Crippen molar-refractivity contribution in [2.75, 3.05) is 37.0 Å². The summed E-state index contributed by atoms with van der Waals surface area (Å²) < 4.78 is 33.8. The Kier molecular flexibility index (Phi) is 8.32. The molecule has 43 heavy (non-hydrogen) atoms. The zero-order valence-electron chi connectivity index (χ0n) is 23.6. The number of carbonyl (C=O) groups excluding carboxylic acids is 2. The number of methoxy groups -OCH3 is 1. The molecule has 0 aliphatic carbocycles. The molecule has 0 aromatic heterocycles. The van der Waals surface area contributed by atoms with Gasteiger partial charge in [0.1, 0.15) is 11.9 Å². The van der Waals surface area contributed by atoms with Crippen LogP contribution in [0.2, 0.25) is 5.02 Å². The summed E-state index contributed by atoms with van der Waals surface area (Å²) in [5, 5.41) is 6.80. The number of hydrogen-bond acceptors (Lipinski definition) is 6. The molecule has 224 valence electrons. The van der Waals surface area contributed by atoms with E-state index in [1.54, 1.807) is 13.2 Å². The van der Waals surface area contributed by atoms with Gasteiger partial charge >= 0.3 is 0 Å². The zero-order chi connectivity index (χ0) is 30.1. The summed E-state index contributed by atoms with van der Waals surface area (Å²) in [6, 6.07) is 14.9. The van der Waals surface area contributed by atoms with Crippen LogP contribution < -0.4 is 10.2 Å². The third-order valence-electron chi connectivity index (χ3n) is 8.36. The Morgan fingerprint density at radius 1 is 1.02 bits per heavy atom. The second-order valence-corrected chi connectivity index (χ2v) is 11.3. The molecule has 3 heterocycles. The third-order valence-corrected chi connectivity index (χ3v) is 8.65. The van der Waals surface area contributed by atoms with Gasteiger partial charge in [-0.05, 0) is 72.9 Å². The second-order valence-electron chi connectivity index (χ2n) is 10.9. The van der Waals surface area contributed by atoms with Gasteiger partial charge in [-0.15, -0.1) is 0 Å². The first-order valence-corrected chi connectivity index (χ1v) is 14.7. The fraction of sp³-hybridized carbons (Fsp3) is 0.344. The van der Waals surface area contributed by atoms with Crippen LogP contribution in [0.15, 0.2) is 65.8 Å². The molecule has 0 spiro atoms. The van der Waals surface area contributed by atoms with Gasteiger partial charge in [-0.3, -0.25) is 9.59 Å². The number of carbonyl (C=O) groups is 2. The maximum atomic E-state index is 14.7. The molecule has 1 unspecified atom stereocenters. The van der Waals surface area contributed by atoms with Gasteiger partial charge in [-0.25, -0.2) is 8.78 Å². The van der Waals surface area contributed by atoms with E-state index in [0.29, 0.717) is 17.7 Å². The van der Waals surface area contributed by atoms with Crippen LogP contribution in [0.25, 0.3) is 0 Å². The van der Waals surface area contributed by atoms with E-state index in [1.807, 2.05) is 12.1 Å². The number of rotatable bonds is 6. The fourth-order valence-electron chi connectivity index (χ4n) is 6.12. The highest BCUT2D eigenvalue weighted by atomic mass is 35.5. The Morgan fingerprint density at radius 3 is 2.51 bits per heavy atom. The van der Waals surface area contributed by atoms with Crippen LogP contribution in [0.3, 0.4) is 0 Å². The number of fused-ring (bicyclic) bond motifs is 1. The third kappa shape index (κ3) is 5.81. The van der Waals surface area contributed by atoms with E-state index in [1.165, 1.54) is 41.3 Å². The van der Waals surface area contributed by atoms with Crippen molar-refractivity contribution in [1.29, 1.82) is 0 Å². The molecular weight excluding hydrogens is 578 g/mol. The normalized spacial score (nSPS) is 20.3. The first-order chi connectivity index (χ1) is 20.8. The molecular formula is C32H31ClF2N4O4. The van der Waals surface area contributed by atoms with Gasteiger partial charge < -0.3 is 24.7 Å². The number of halogens is 3. The number of ether oxygens (including phenoxy) is 1. The molecule has 1 saturated heterocycles. The summed E-state index contributed by atoms with van der Waals surface area (Å²) in [5.41, 5.74) is 3.60. The van der Waals surface area contributed by atoms with Crippen LogP contribution in [0, 0.1) is 11.6 Å². The predicted octanol–water partition coefficient (Wildman–Crippen LogP) is 5.49. The molecule has 8 nitrogen and oxygen atoms in total. The maximum Gasteiger partial charge on any atom is 0.267 e. The van der Waals surface area contributed by atoms with Crippen LogP contribution in [-0.2, 0) is 25.6 Å². The molecule has 1 fully saturated rings. The number of amides is 2. The van der Waals surface area contributed by atoms with Crippen molar-refractivity contribution >= 4 is 40.5 Å². The minimum Gasteiger partial charge on any atom is -0.382 e. The van der Waals surface area contributed by atoms with Crippen LogP contribution in [0.5, 0.6) is 0 Å². The van der Waals surface area contributed by atoms with E-state index < -0.39 is 35.6 Å². The molecule has 0 radical (unpaired) electrons. The standard InChI is InChI=1S/C32H31ClF2N4O4/c1-42-21-12-15-38(16-13-21)27-7-3-4-23-22(27)14-17-39(30(23)31(40)36-20-10-8-19(34)9-11-20)32(41)28-18-26(37-43-28)24-5-2-6-25(33)29(24)35/h2-11,21,28,30H,12-18H2,1H3,(H,36,40)/t28?,30-/m0/s1. The second kappa shape index (κ2) is 12.3. The highest BCUT2D eigenvalue weighted by Crippen LogP contribution is 2.38. The number of piperidine rings is 1. The topological polar surface area (TPSA) is 83.5 Å². The molecule has 1 N–H and O–H groups in total. The molecule has 6 rings (SSSR count). The number of benzene rings is 3. The number of hydrogen-bond donors (Lipinski definition) is 1. The molecule has 0 bridgehead atoms. The molecule has 2 amide bonds. The average Bonchev–Trinajstić information content (AvgIpc) is 3.52. The van der Waals surface area contributed by atoms with E-state index in [4.69, 9.17) is 21.2 Å². The van der Waals surface area contributed by atoms with Gasteiger partial charge in [0.25, 0.3) is 11.8 Å². The minimum absolute atomic E-state index is 0.0280. The highest BCUT2D eigenvalue weighted by molar-refractivity contribution is 6.31. The van der Waals surface area contributed by atoms with E-state index in [0.717, 1.165) is 37.2 Å². The zero-order valence-corrected chi connectivity index (χ0v) is 24.3. The lowest BCUT2D eigenvalue weighted by Gasteiger charge is -2.40. The van der Waals surface area contributed by atoms with Crippen molar-refractivity contribution in [2.45, 2.75) is 43.9 Å². The molecule has 3 aromatic rings. The van der Waals surface area contributed by atoms with Gasteiger partial charge in [-0.2, -0.15) is 0 Å². The molecule has 3 aliphatic rings. The van der Waals surface area contributed by atoms with Gasteiger partial charge in [0.05, 0.1) is 16.8 Å². The summed E-state index contributed by atoms with van der Waals surface area (Å²) >= 11 is 5.95. The first-order valence-electron chi connectivity index (χ1n) is 14.3. The molecule has 3 aliphatic heterocycles.